The number of hydrogen-bond donors (Lipinski definition) is 1. The van der Waals surface area contributed by atoms with E-state index >= 15 is 0 Å². The SMILES string of the molecule is O=C(Cc1ccc(C(F)(F)F)c(F)c1)Nc1c(Cl)ccc2c1CCN(S(=O)(=O)c1cccc(Cl)c1)C2. The van der Waals surface area contributed by atoms with Gasteiger partial charge in [-0.1, -0.05) is 41.4 Å². The summed E-state index contributed by atoms with van der Waals surface area (Å²) in [5.41, 5.74) is 0.201. The minimum absolute atomic E-state index is 0.0360. The van der Waals surface area contributed by atoms with Crippen LogP contribution in [0.15, 0.2) is 59.5 Å². The third kappa shape index (κ3) is 5.51. The predicted molar refractivity (Wildman–Crippen MR) is 128 cm³/mol. The molecule has 0 aromatic heterocycles. The zero-order valence-electron chi connectivity index (χ0n) is 18.4. The number of nitrogens with one attached hydrogen (secondary N) is 1. The van der Waals surface area contributed by atoms with Gasteiger partial charge in [0.15, 0.2) is 0 Å². The van der Waals surface area contributed by atoms with Gasteiger partial charge in [0, 0.05) is 18.1 Å². The highest BCUT2D eigenvalue weighted by Crippen LogP contribution is 2.35. The molecule has 190 valence electrons. The maximum atomic E-state index is 13.9. The molecule has 1 heterocycles. The van der Waals surface area contributed by atoms with Gasteiger partial charge in [0.05, 0.1) is 27.6 Å². The quantitative estimate of drug-likeness (QED) is 0.384. The largest absolute Gasteiger partial charge is 0.419 e. The van der Waals surface area contributed by atoms with Gasteiger partial charge in [0.25, 0.3) is 0 Å². The molecule has 4 rings (SSSR count). The van der Waals surface area contributed by atoms with Crippen molar-refractivity contribution in [1.29, 1.82) is 0 Å². The van der Waals surface area contributed by atoms with Crippen LogP contribution in [0.5, 0.6) is 0 Å². The van der Waals surface area contributed by atoms with Crippen molar-refractivity contribution in [3.05, 3.63) is 92.7 Å². The summed E-state index contributed by atoms with van der Waals surface area (Å²) in [7, 11) is -3.82. The molecule has 3 aromatic carbocycles. The van der Waals surface area contributed by atoms with Crippen LogP contribution in [0.1, 0.15) is 22.3 Å². The highest BCUT2D eigenvalue weighted by atomic mass is 35.5. The minimum atomic E-state index is -4.84. The summed E-state index contributed by atoms with van der Waals surface area (Å²) >= 11 is 12.2. The highest BCUT2D eigenvalue weighted by Gasteiger charge is 2.34. The third-order valence-corrected chi connectivity index (χ3v) is 8.11. The van der Waals surface area contributed by atoms with Crippen molar-refractivity contribution in [3.63, 3.8) is 0 Å². The molecule has 3 aromatic rings. The first-order chi connectivity index (χ1) is 16.9. The predicted octanol–water partition coefficient (Wildman–Crippen LogP) is 6.08. The second-order valence-electron chi connectivity index (χ2n) is 8.14. The molecule has 0 aliphatic carbocycles. The van der Waals surface area contributed by atoms with Gasteiger partial charge >= 0.3 is 6.18 Å². The molecule has 1 amide bonds. The molecular weight excluding hydrogens is 543 g/mol. The molecule has 0 spiro atoms. The van der Waals surface area contributed by atoms with E-state index in [0.29, 0.717) is 23.3 Å². The van der Waals surface area contributed by atoms with E-state index in [1.54, 1.807) is 18.2 Å². The van der Waals surface area contributed by atoms with Crippen molar-refractivity contribution in [3.8, 4) is 0 Å². The van der Waals surface area contributed by atoms with E-state index in [2.05, 4.69) is 5.32 Å². The molecule has 1 N–H and O–H groups in total. The lowest BCUT2D eigenvalue weighted by atomic mass is 9.98. The van der Waals surface area contributed by atoms with Crippen molar-refractivity contribution >= 4 is 44.8 Å². The number of amides is 1. The fourth-order valence-electron chi connectivity index (χ4n) is 3.99. The number of carbonyl (C=O) groups excluding carboxylic acids is 1. The molecule has 5 nitrogen and oxygen atoms in total. The Labute approximate surface area is 214 Å². The third-order valence-electron chi connectivity index (χ3n) is 5.72. The monoisotopic (exact) mass is 560 g/mol. The van der Waals surface area contributed by atoms with E-state index in [9.17, 15) is 30.8 Å². The average molecular weight is 561 g/mol. The van der Waals surface area contributed by atoms with Gasteiger partial charge in [0.2, 0.25) is 15.9 Å². The summed E-state index contributed by atoms with van der Waals surface area (Å²) in [6, 6.07) is 11.4. The molecule has 0 fully saturated rings. The van der Waals surface area contributed by atoms with Crippen LogP contribution in [0.25, 0.3) is 0 Å². The number of alkyl halides is 3. The molecule has 1 aliphatic rings. The second kappa shape index (κ2) is 10.0. The van der Waals surface area contributed by atoms with Crippen LogP contribution in [-0.4, -0.2) is 25.2 Å². The summed E-state index contributed by atoms with van der Waals surface area (Å²) in [5, 5.41) is 3.15. The molecule has 1 aliphatic heterocycles. The zero-order chi connectivity index (χ0) is 26.3. The van der Waals surface area contributed by atoms with Gasteiger partial charge in [-0.3, -0.25) is 4.79 Å². The summed E-state index contributed by atoms with van der Waals surface area (Å²) in [6.45, 7) is 0.156. The second-order valence-corrected chi connectivity index (χ2v) is 10.9. The van der Waals surface area contributed by atoms with Crippen LogP contribution in [0, 0.1) is 5.82 Å². The standard InChI is InChI=1S/C24H18Cl2F4N2O3S/c25-16-2-1-3-17(12-16)36(34,35)32-9-8-18-15(13-32)5-7-20(26)23(18)31-22(33)11-14-4-6-19(21(27)10-14)24(28,29)30/h1-7,10,12H,8-9,11,13H2,(H,31,33). The lowest BCUT2D eigenvalue weighted by molar-refractivity contribution is -0.140. The molecule has 0 unspecified atom stereocenters. The Morgan fingerprint density at radius 1 is 1.06 bits per heavy atom. The first kappa shape index (κ1) is 26.4. The fourth-order valence-corrected chi connectivity index (χ4v) is 5.93. The van der Waals surface area contributed by atoms with E-state index in [1.165, 1.54) is 22.5 Å². The number of hydrogen-bond acceptors (Lipinski definition) is 3. The molecule has 0 bridgehead atoms. The lowest BCUT2D eigenvalue weighted by Crippen LogP contribution is -2.36. The smallest absolute Gasteiger partial charge is 0.324 e. The maximum Gasteiger partial charge on any atom is 0.419 e. The Balaban J connectivity index is 1.53. The normalized spacial score (nSPS) is 14.4. The first-order valence-corrected chi connectivity index (χ1v) is 12.8. The minimum Gasteiger partial charge on any atom is -0.324 e. The van der Waals surface area contributed by atoms with E-state index < -0.39 is 33.5 Å². The van der Waals surface area contributed by atoms with Crippen LogP contribution in [0.2, 0.25) is 10.0 Å². The van der Waals surface area contributed by atoms with Crippen molar-refractivity contribution in [2.24, 2.45) is 0 Å². The fraction of sp³-hybridized carbons (Fsp3) is 0.208. The summed E-state index contributed by atoms with van der Waals surface area (Å²) in [5.74, 6) is -2.08. The van der Waals surface area contributed by atoms with Crippen molar-refractivity contribution in [2.75, 3.05) is 11.9 Å². The average Bonchev–Trinajstić information content (AvgIpc) is 2.80. The number of anilines is 1. The Kier molecular flexibility index (Phi) is 7.34. The number of rotatable bonds is 5. The van der Waals surface area contributed by atoms with Gasteiger partial charge in [-0.25, -0.2) is 12.8 Å². The molecule has 0 saturated carbocycles. The van der Waals surface area contributed by atoms with Gasteiger partial charge in [-0.15, -0.1) is 0 Å². The van der Waals surface area contributed by atoms with E-state index in [1.807, 2.05) is 0 Å². The lowest BCUT2D eigenvalue weighted by Gasteiger charge is -2.30. The van der Waals surface area contributed by atoms with Crippen molar-refractivity contribution in [1.82, 2.24) is 4.31 Å². The Morgan fingerprint density at radius 2 is 1.81 bits per heavy atom. The van der Waals surface area contributed by atoms with Gasteiger partial charge in [-0.2, -0.15) is 17.5 Å². The van der Waals surface area contributed by atoms with Crippen molar-refractivity contribution < 1.29 is 30.8 Å². The summed E-state index contributed by atoms with van der Waals surface area (Å²) < 4.78 is 79.6. The first-order valence-electron chi connectivity index (χ1n) is 10.6. The number of carbonyl (C=O) groups is 1. The van der Waals surface area contributed by atoms with Crippen LogP contribution >= 0.6 is 23.2 Å². The summed E-state index contributed by atoms with van der Waals surface area (Å²) in [6.07, 6.45) is -4.97. The number of benzene rings is 3. The Morgan fingerprint density at radius 3 is 2.47 bits per heavy atom. The molecule has 0 saturated heterocycles. The molecule has 12 heteroatoms. The maximum absolute atomic E-state index is 13.9. The molecule has 0 radical (unpaired) electrons. The number of nitrogens with zero attached hydrogens (tertiary/aromatic N) is 1. The van der Waals surface area contributed by atoms with Gasteiger partial charge in [0.1, 0.15) is 5.82 Å². The number of fused-ring (bicyclic) bond motifs is 1. The molecule has 0 atom stereocenters. The zero-order valence-corrected chi connectivity index (χ0v) is 20.7. The topological polar surface area (TPSA) is 66.5 Å². The summed E-state index contributed by atoms with van der Waals surface area (Å²) in [4.78, 5) is 12.7. The van der Waals surface area contributed by atoms with Crippen LogP contribution < -0.4 is 5.32 Å². The molecular formula is C24H18Cl2F4N2O3S. The highest BCUT2D eigenvalue weighted by molar-refractivity contribution is 7.89. The van der Waals surface area contributed by atoms with Crippen LogP contribution in [0.3, 0.4) is 0 Å². The van der Waals surface area contributed by atoms with E-state index in [4.69, 9.17) is 23.2 Å². The molecule has 36 heavy (non-hydrogen) atoms. The Bertz CT molecular complexity index is 1450. The van der Waals surface area contributed by atoms with Crippen LogP contribution in [-0.2, 0) is 40.4 Å². The van der Waals surface area contributed by atoms with Crippen LogP contribution in [0.4, 0.5) is 23.2 Å². The number of sulfonamides is 1. The van der Waals surface area contributed by atoms with E-state index in [-0.39, 0.29) is 52.1 Å². The van der Waals surface area contributed by atoms with Crippen molar-refractivity contribution in [2.45, 2.75) is 30.5 Å². The van der Waals surface area contributed by atoms with E-state index in [0.717, 1.165) is 6.07 Å². The Hall–Kier alpha value is -2.66. The van der Waals surface area contributed by atoms with Gasteiger partial charge < -0.3 is 5.32 Å². The number of halogens is 6. The van der Waals surface area contributed by atoms with Gasteiger partial charge in [-0.05, 0) is 59.5 Å².